The van der Waals surface area contributed by atoms with E-state index in [1.807, 2.05) is 0 Å². The molecule has 10 N–H and O–H groups in total. The third-order valence-corrected chi connectivity index (χ3v) is 3.38. The van der Waals surface area contributed by atoms with Crippen LogP contribution in [0, 0.1) is 6.92 Å². The summed E-state index contributed by atoms with van der Waals surface area (Å²) < 4.78 is 34.4. The number of aryl methyl sites for hydroxylation is 1. The molecular weight excluding hydrogens is 551 g/mol. The molecule has 1 aliphatic heterocycles. The molecule has 1 aromatic heterocycles. The van der Waals surface area contributed by atoms with E-state index in [2.05, 4.69) is 10.0 Å². The maximum absolute atomic E-state index is 12.1. The van der Waals surface area contributed by atoms with Crippen LogP contribution in [-0.2, 0) is 25.5 Å². The van der Waals surface area contributed by atoms with Crippen LogP contribution in [0.3, 0.4) is 0 Å². The van der Waals surface area contributed by atoms with Gasteiger partial charge in [-0.05, 0) is 12.5 Å². The van der Waals surface area contributed by atoms with Crippen molar-refractivity contribution in [3.63, 3.8) is 0 Å². The standard InChI is InChI=1S/C11H15N5O4.3H3O4P/c1-6-4-16(11(19)15(2)10(6)18)9-3-7(13-14-12)8(5-17)20-9;3*1-5(2,3)4/h4,7-9,17H,3,5H2,1-2H3;3*(H3,1,2,3,4)/t7?,8-,9-;;;/m1.../s1. The summed E-state index contributed by atoms with van der Waals surface area (Å²) in [7, 11) is -12.5. The molecule has 3 atom stereocenters. The summed E-state index contributed by atoms with van der Waals surface area (Å²) >= 11 is 0. The number of hydrogen-bond acceptors (Lipinski definition) is 8. The van der Waals surface area contributed by atoms with Gasteiger partial charge in [0.25, 0.3) is 5.56 Å². The molecule has 1 saturated heterocycles. The van der Waals surface area contributed by atoms with Crippen molar-refractivity contribution in [3.05, 3.63) is 43.0 Å². The summed E-state index contributed by atoms with van der Waals surface area (Å²) in [5.74, 6) is 0. The largest absolute Gasteiger partial charge is 0.466 e. The number of phosphoric acid groups is 3. The van der Waals surface area contributed by atoms with Crippen LogP contribution in [-0.4, -0.2) is 77.0 Å². The van der Waals surface area contributed by atoms with Crippen molar-refractivity contribution < 1.29 is 67.6 Å². The zero-order chi connectivity index (χ0) is 28.4. The van der Waals surface area contributed by atoms with Gasteiger partial charge in [-0.1, -0.05) is 5.11 Å². The van der Waals surface area contributed by atoms with Crippen molar-refractivity contribution in [2.75, 3.05) is 6.61 Å². The molecule has 0 amide bonds. The Morgan fingerprint density at radius 3 is 1.77 bits per heavy atom. The van der Waals surface area contributed by atoms with E-state index in [1.165, 1.54) is 17.8 Å². The first kappa shape index (κ1) is 35.4. The minimum absolute atomic E-state index is 0.271. The van der Waals surface area contributed by atoms with E-state index in [1.54, 1.807) is 6.92 Å². The molecule has 2 rings (SSSR count). The molecule has 0 aromatic carbocycles. The van der Waals surface area contributed by atoms with Crippen molar-refractivity contribution in [2.24, 2.45) is 12.2 Å². The number of hydrogen-bond donors (Lipinski definition) is 10. The molecule has 204 valence electrons. The fraction of sp³-hybridized carbons (Fsp3) is 0.636. The van der Waals surface area contributed by atoms with Gasteiger partial charge in [-0.25, -0.2) is 18.5 Å². The maximum atomic E-state index is 12.1. The van der Waals surface area contributed by atoms with E-state index < -0.39 is 47.5 Å². The predicted octanol–water partition coefficient (Wildman–Crippen LogP) is -2.97. The number of nitrogens with zero attached hydrogens (tertiary/aromatic N) is 5. The van der Waals surface area contributed by atoms with Crippen molar-refractivity contribution in [2.45, 2.75) is 31.7 Å². The molecular formula is C11H24N5O16P3. The molecule has 2 heterocycles. The molecule has 24 heteroatoms. The monoisotopic (exact) mass is 575 g/mol. The van der Waals surface area contributed by atoms with Gasteiger partial charge in [0.1, 0.15) is 6.23 Å². The lowest BCUT2D eigenvalue weighted by Gasteiger charge is -2.16. The van der Waals surface area contributed by atoms with Crippen LogP contribution in [0.4, 0.5) is 0 Å². The molecule has 21 nitrogen and oxygen atoms in total. The SMILES string of the molecule is Cc1cn([C@H]2CC(N=[N+]=[N-])[C@@H](CO)O2)c(=O)n(C)c1=O.O=P(O)(O)O.O=P(O)(O)O.O=P(O)(O)O. The Bertz CT molecular complexity index is 1050. The lowest BCUT2D eigenvalue weighted by molar-refractivity contribution is -0.0276. The van der Waals surface area contributed by atoms with Gasteiger partial charge < -0.3 is 53.9 Å². The summed E-state index contributed by atoms with van der Waals surface area (Å²) in [5.41, 5.74) is 8.01. The Kier molecular flexibility index (Phi) is 14.9. The predicted molar refractivity (Wildman–Crippen MR) is 112 cm³/mol. The third-order valence-electron chi connectivity index (χ3n) is 3.38. The van der Waals surface area contributed by atoms with E-state index in [-0.39, 0.29) is 18.6 Å². The van der Waals surface area contributed by atoms with Crippen LogP contribution in [0.15, 0.2) is 20.9 Å². The highest BCUT2D eigenvalue weighted by atomic mass is 31.2. The van der Waals surface area contributed by atoms with Crippen LogP contribution < -0.4 is 11.2 Å². The average molecular weight is 575 g/mol. The molecule has 1 unspecified atom stereocenters. The van der Waals surface area contributed by atoms with Crippen LogP contribution >= 0.6 is 23.5 Å². The lowest BCUT2D eigenvalue weighted by Crippen LogP contribution is -2.40. The molecule has 35 heavy (non-hydrogen) atoms. The fourth-order valence-corrected chi connectivity index (χ4v) is 2.29. The van der Waals surface area contributed by atoms with Gasteiger partial charge in [-0.3, -0.25) is 13.9 Å². The zero-order valence-corrected chi connectivity index (χ0v) is 20.4. The van der Waals surface area contributed by atoms with Gasteiger partial charge >= 0.3 is 29.2 Å². The second-order valence-electron chi connectivity index (χ2n) is 6.23. The van der Waals surface area contributed by atoms with Gasteiger partial charge in [-0.2, -0.15) is 0 Å². The number of aliphatic hydroxyl groups is 1. The summed E-state index contributed by atoms with van der Waals surface area (Å²) in [6.45, 7) is 1.29. The smallest absolute Gasteiger partial charge is 0.394 e. The Morgan fingerprint density at radius 2 is 1.43 bits per heavy atom. The molecule has 0 bridgehead atoms. The van der Waals surface area contributed by atoms with Crippen molar-refractivity contribution in [3.8, 4) is 0 Å². The van der Waals surface area contributed by atoms with E-state index in [0.717, 1.165) is 4.57 Å². The van der Waals surface area contributed by atoms with Crippen molar-refractivity contribution in [1.82, 2.24) is 9.13 Å². The molecule has 0 radical (unpaired) electrons. The number of azide groups is 1. The molecule has 1 fully saturated rings. The summed E-state index contributed by atoms with van der Waals surface area (Å²) in [5, 5.41) is 12.8. The highest BCUT2D eigenvalue weighted by Crippen LogP contribution is 2.30. The molecule has 0 aliphatic carbocycles. The van der Waals surface area contributed by atoms with Crippen LogP contribution in [0.2, 0.25) is 0 Å². The average Bonchev–Trinajstić information content (AvgIpc) is 3.02. The topological polar surface area (TPSA) is 356 Å². The first-order valence-corrected chi connectivity index (χ1v) is 13.1. The number of ether oxygens (including phenoxy) is 1. The second kappa shape index (κ2) is 14.7. The molecule has 0 spiro atoms. The van der Waals surface area contributed by atoms with Gasteiger partial charge in [-0.15, -0.1) is 0 Å². The summed E-state index contributed by atoms with van der Waals surface area (Å²) in [4.78, 5) is 91.1. The first-order valence-electron chi connectivity index (χ1n) is 8.43. The van der Waals surface area contributed by atoms with Gasteiger partial charge in [0.05, 0.1) is 18.8 Å². The Labute approximate surface area is 194 Å². The van der Waals surface area contributed by atoms with E-state index >= 15 is 0 Å². The van der Waals surface area contributed by atoms with E-state index in [4.69, 9.17) is 68.0 Å². The maximum Gasteiger partial charge on any atom is 0.466 e. The van der Waals surface area contributed by atoms with Crippen molar-refractivity contribution in [1.29, 1.82) is 0 Å². The quantitative estimate of drug-likeness (QED) is 0.0744. The molecule has 0 saturated carbocycles. The normalized spacial score (nSPS) is 19.6. The number of rotatable bonds is 3. The van der Waals surface area contributed by atoms with Gasteiger partial charge in [0, 0.05) is 30.1 Å². The Morgan fingerprint density at radius 1 is 1.03 bits per heavy atom. The van der Waals surface area contributed by atoms with Crippen LogP contribution in [0.5, 0.6) is 0 Å². The summed E-state index contributed by atoms with van der Waals surface area (Å²) in [6, 6.07) is -0.542. The van der Waals surface area contributed by atoms with E-state index in [0.29, 0.717) is 5.56 Å². The highest BCUT2D eigenvalue weighted by molar-refractivity contribution is 7.45. The van der Waals surface area contributed by atoms with Crippen molar-refractivity contribution >= 4 is 23.5 Å². The number of aromatic nitrogens is 2. The minimum Gasteiger partial charge on any atom is -0.394 e. The third kappa shape index (κ3) is 19.1. The Hall–Kier alpha value is -1.76. The lowest BCUT2D eigenvalue weighted by atomic mass is 10.1. The number of aliphatic hydroxyl groups excluding tert-OH is 1. The first-order chi connectivity index (χ1) is 15.5. The second-order valence-corrected chi connectivity index (χ2v) is 9.31. The molecule has 1 aliphatic rings. The van der Waals surface area contributed by atoms with Crippen LogP contribution in [0.1, 0.15) is 18.2 Å². The summed E-state index contributed by atoms with van der Waals surface area (Å²) in [6.07, 6.45) is 0.371. The Balaban J connectivity index is 0. The van der Waals surface area contributed by atoms with Gasteiger partial charge in [0.15, 0.2) is 0 Å². The highest BCUT2D eigenvalue weighted by Gasteiger charge is 2.36. The van der Waals surface area contributed by atoms with Gasteiger partial charge in [0.2, 0.25) is 0 Å². The van der Waals surface area contributed by atoms with Crippen LogP contribution in [0.25, 0.3) is 10.4 Å². The zero-order valence-electron chi connectivity index (χ0n) is 17.7. The molecule has 1 aromatic rings. The fourth-order valence-electron chi connectivity index (χ4n) is 2.29. The van der Waals surface area contributed by atoms with E-state index in [9.17, 15) is 14.7 Å². The minimum atomic E-state index is -4.64.